The molecule has 0 radical (unpaired) electrons. The highest BCUT2D eigenvalue weighted by Crippen LogP contribution is 2.09. The maximum Gasteiger partial charge on any atom is 0.191 e. The number of anilines is 1. The van der Waals surface area contributed by atoms with Crippen LogP contribution in [-0.4, -0.2) is 24.6 Å². The Bertz CT molecular complexity index is 884. The summed E-state index contributed by atoms with van der Waals surface area (Å²) in [5.74, 6) is 0.771. The number of rotatable bonds is 8. The predicted octanol–water partition coefficient (Wildman–Crippen LogP) is 3.63. The molecule has 25 heavy (non-hydrogen) atoms. The van der Waals surface area contributed by atoms with Crippen LogP contribution in [0.3, 0.4) is 0 Å². The molecule has 128 valence electrons. The van der Waals surface area contributed by atoms with Gasteiger partial charge in [-0.2, -0.15) is 0 Å². The fourth-order valence-corrected chi connectivity index (χ4v) is 2.67. The molecule has 0 aliphatic rings. The fourth-order valence-electron chi connectivity index (χ4n) is 2.67. The Morgan fingerprint density at radius 2 is 1.76 bits per heavy atom. The number of hydrogen-bond acceptors (Lipinski definition) is 3. The third-order valence-electron chi connectivity index (χ3n) is 3.96. The third-order valence-corrected chi connectivity index (χ3v) is 3.96. The van der Waals surface area contributed by atoms with Gasteiger partial charge in [-0.25, -0.2) is 0 Å². The minimum Gasteiger partial charge on any atom is -0.371 e. The molecule has 0 fully saturated rings. The molecular formula is C21H23N3O. The lowest BCUT2D eigenvalue weighted by atomic mass is 10.2. The van der Waals surface area contributed by atoms with Crippen LogP contribution in [0.2, 0.25) is 0 Å². The van der Waals surface area contributed by atoms with Crippen molar-refractivity contribution in [3.05, 3.63) is 82.5 Å². The van der Waals surface area contributed by atoms with Crippen molar-refractivity contribution in [3.63, 3.8) is 0 Å². The lowest BCUT2D eigenvalue weighted by Crippen LogP contribution is -2.18. The standard InChI is InChI=1S/C21H23N3O/c25-20-16-21(24-19-12-5-4-11-18(19)20)23-15-7-14-22-13-6-10-17-8-2-1-3-9-17/h1-6,8-12,16,22H,7,13-15H2,(H2,23,24,25)/b10-6+. The summed E-state index contributed by atoms with van der Waals surface area (Å²) in [5.41, 5.74) is 2.12. The molecule has 0 saturated heterocycles. The molecule has 0 spiro atoms. The van der Waals surface area contributed by atoms with Crippen LogP contribution in [0, 0.1) is 0 Å². The van der Waals surface area contributed by atoms with Gasteiger partial charge in [0.05, 0.1) is 5.52 Å². The summed E-state index contributed by atoms with van der Waals surface area (Å²) in [6.07, 6.45) is 5.22. The summed E-state index contributed by atoms with van der Waals surface area (Å²) in [6, 6.07) is 19.5. The van der Waals surface area contributed by atoms with E-state index in [0.29, 0.717) is 0 Å². The Kier molecular flexibility index (Phi) is 6.01. The molecule has 4 heteroatoms. The molecule has 2 aromatic carbocycles. The average molecular weight is 333 g/mol. The van der Waals surface area contributed by atoms with Crippen molar-refractivity contribution in [2.75, 3.05) is 25.0 Å². The van der Waals surface area contributed by atoms with Gasteiger partial charge < -0.3 is 15.6 Å². The lowest BCUT2D eigenvalue weighted by molar-refractivity contribution is 0.711. The van der Waals surface area contributed by atoms with Crippen molar-refractivity contribution in [2.45, 2.75) is 6.42 Å². The van der Waals surface area contributed by atoms with Gasteiger partial charge in [0, 0.05) is 24.5 Å². The highest BCUT2D eigenvalue weighted by atomic mass is 16.1. The van der Waals surface area contributed by atoms with Crippen LogP contribution >= 0.6 is 0 Å². The van der Waals surface area contributed by atoms with E-state index in [2.05, 4.69) is 39.9 Å². The molecule has 1 heterocycles. The first kappa shape index (κ1) is 17.0. The third kappa shape index (κ3) is 5.06. The number of H-pyrrole nitrogens is 1. The van der Waals surface area contributed by atoms with E-state index >= 15 is 0 Å². The number of aromatic amines is 1. The number of pyridine rings is 1. The van der Waals surface area contributed by atoms with E-state index in [4.69, 9.17) is 0 Å². The number of aromatic nitrogens is 1. The molecule has 0 aliphatic carbocycles. The van der Waals surface area contributed by atoms with Crippen molar-refractivity contribution >= 4 is 22.8 Å². The van der Waals surface area contributed by atoms with Gasteiger partial charge in [-0.3, -0.25) is 4.79 Å². The van der Waals surface area contributed by atoms with E-state index in [1.807, 2.05) is 42.5 Å². The molecule has 3 rings (SSSR count). The van der Waals surface area contributed by atoms with Crippen LogP contribution in [0.25, 0.3) is 17.0 Å². The van der Waals surface area contributed by atoms with Crippen molar-refractivity contribution in [1.29, 1.82) is 0 Å². The first-order valence-electron chi connectivity index (χ1n) is 8.61. The second kappa shape index (κ2) is 8.85. The van der Waals surface area contributed by atoms with E-state index in [0.717, 1.165) is 42.8 Å². The summed E-state index contributed by atoms with van der Waals surface area (Å²) >= 11 is 0. The Hall–Kier alpha value is -2.85. The van der Waals surface area contributed by atoms with Gasteiger partial charge in [0.1, 0.15) is 5.82 Å². The van der Waals surface area contributed by atoms with Gasteiger partial charge in [0.25, 0.3) is 0 Å². The molecular weight excluding hydrogens is 310 g/mol. The first-order chi connectivity index (χ1) is 12.3. The number of benzene rings is 2. The zero-order valence-electron chi connectivity index (χ0n) is 14.2. The molecule has 0 aliphatic heterocycles. The van der Waals surface area contributed by atoms with E-state index in [1.54, 1.807) is 6.07 Å². The summed E-state index contributed by atoms with van der Waals surface area (Å²) in [7, 11) is 0. The first-order valence-corrected chi connectivity index (χ1v) is 8.61. The Labute approximate surface area is 147 Å². The summed E-state index contributed by atoms with van der Waals surface area (Å²) < 4.78 is 0. The summed E-state index contributed by atoms with van der Waals surface area (Å²) in [5, 5.41) is 7.39. The normalized spacial score (nSPS) is 11.2. The lowest BCUT2D eigenvalue weighted by Gasteiger charge is -2.08. The molecule has 3 aromatic rings. The second-order valence-electron chi connectivity index (χ2n) is 5.89. The smallest absolute Gasteiger partial charge is 0.191 e. The largest absolute Gasteiger partial charge is 0.371 e. The zero-order chi connectivity index (χ0) is 17.3. The van der Waals surface area contributed by atoms with Gasteiger partial charge in [-0.1, -0.05) is 54.6 Å². The van der Waals surface area contributed by atoms with Crippen LogP contribution < -0.4 is 16.1 Å². The molecule has 4 nitrogen and oxygen atoms in total. The topological polar surface area (TPSA) is 56.9 Å². The van der Waals surface area contributed by atoms with Gasteiger partial charge in [0.2, 0.25) is 0 Å². The molecule has 1 aromatic heterocycles. The minimum atomic E-state index is 0.0426. The molecule has 0 atom stereocenters. The van der Waals surface area contributed by atoms with Crippen molar-refractivity contribution in [2.24, 2.45) is 0 Å². The monoisotopic (exact) mass is 333 g/mol. The molecule has 0 amide bonds. The molecule has 3 N–H and O–H groups in total. The second-order valence-corrected chi connectivity index (χ2v) is 5.89. The van der Waals surface area contributed by atoms with E-state index in [1.165, 1.54) is 5.56 Å². The van der Waals surface area contributed by atoms with Crippen LogP contribution in [0.5, 0.6) is 0 Å². The van der Waals surface area contributed by atoms with Crippen molar-refractivity contribution in [1.82, 2.24) is 10.3 Å². The Morgan fingerprint density at radius 3 is 2.64 bits per heavy atom. The maximum absolute atomic E-state index is 12.0. The van der Waals surface area contributed by atoms with E-state index < -0.39 is 0 Å². The average Bonchev–Trinajstić information content (AvgIpc) is 2.65. The molecule has 0 unspecified atom stereocenters. The predicted molar refractivity (Wildman–Crippen MR) is 106 cm³/mol. The van der Waals surface area contributed by atoms with Crippen molar-refractivity contribution < 1.29 is 0 Å². The SMILES string of the molecule is O=c1cc(NCCCNC/C=C/c2ccccc2)[nH]c2ccccc12. The van der Waals surface area contributed by atoms with Gasteiger partial charge in [0.15, 0.2) is 5.43 Å². The van der Waals surface area contributed by atoms with Crippen LogP contribution in [0.1, 0.15) is 12.0 Å². The number of nitrogens with one attached hydrogen (secondary N) is 3. The number of hydrogen-bond donors (Lipinski definition) is 3. The van der Waals surface area contributed by atoms with Gasteiger partial charge in [-0.05, 0) is 30.7 Å². The highest BCUT2D eigenvalue weighted by Gasteiger charge is 2.00. The zero-order valence-corrected chi connectivity index (χ0v) is 14.2. The summed E-state index contributed by atoms with van der Waals surface area (Å²) in [4.78, 5) is 15.3. The van der Waals surface area contributed by atoms with Crippen LogP contribution in [0.4, 0.5) is 5.82 Å². The van der Waals surface area contributed by atoms with Crippen LogP contribution in [-0.2, 0) is 0 Å². The van der Waals surface area contributed by atoms with E-state index in [-0.39, 0.29) is 5.43 Å². The number of para-hydroxylation sites is 1. The van der Waals surface area contributed by atoms with Crippen molar-refractivity contribution in [3.8, 4) is 0 Å². The van der Waals surface area contributed by atoms with E-state index in [9.17, 15) is 4.79 Å². The quantitative estimate of drug-likeness (QED) is 0.552. The fraction of sp³-hybridized carbons (Fsp3) is 0.190. The van der Waals surface area contributed by atoms with Gasteiger partial charge >= 0.3 is 0 Å². The Balaban J connectivity index is 1.37. The minimum absolute atomic E-state index is 0.0426. The maximum atomic E-state index is 12.0. The van der Waals surface area contributed by atoms with Gasteiger partial charge in [-0.15, -0.1) is 0 Å². The van der Waals surface area contributed by atoms with Crippen LogP contribution in [0.15, 0.2) is 71.5 Å². The number of fused-ring (bicyclic) bond motifs is 1. The molecule has 0 saturated carbocycles. The Morgan fingerprint density at radius 1 is 0.960 bits per heavy atom. The highest BCUT2D eigenvalue weighted by molar-refractivity contribution is 5.79. The molecule has 0 bridgehead atoms. The summed E-state index contributed by atoms with van der Waals surface area (Å²) in [6.45, 7) is 2.58.